The molecule has 1 N–H and O–H groups in total. The van der Waals surface area contributed by atoms with Gasteiger partial charge in [0.05, 0.1) is 24.9 Å². The van der Waals surface area contributed by atoms with Crippen LogP contribution in [0.4, 0.5) is 5.69 Å². The Morgan fingerprint density at radius 3 is 2.88 bits per heavy atom. The number of aromatic nitrogens is 1. The summed E-state index contributed by atoms with van der Waals surface area (Å²) in [5.74, 6) is 0.647. The van der Waals surface area contributed by atoms with Crippen LogP contribution >= 0.6 is 34.5 Å². The molecule has 90 valence electrons. The molecular formula is C11H10Cl2N2OS. The van der Waals surface area contributed by atoms with E-state index in [0.717, 1.165) is 10.7 Å². The van der Waals surface area contributed by atoms with Crippen molar-refractivity contribution in [2.45, 2.75) is 6.54 Å². The summed E-state index contributed by atoms with van der Waals surface area (Å²) in [6.45, 7) is 0.627. The van der Waals surface area contributed by atoms with Gasteiger partial charge in [0.2, 0.25) is 0 Å². The molecule has 3 nitrogen and oxygen atoms in total. The Morgan fingerprint density at radius 1 is 1.41 bits per heavy atom. The zero-order valence-corrected chi connectivity index (χ0v) is 11.4. The van der Waals surface area contributed by atoms with Crippen molar-refractivity contribution >= 4 is 40.2 Å². The van der Waals surface area contributed by atoms with Crippen LogP contribution in [0, 0.1) is 0 Å². The van der Waals surface area contributed by atoms with E-state index in [1.54, 1.807) is 19.4 Å². The molecule has 1 aromatic carbocycles. The van der Waals surface area contributed by atoms with E-state index in [2.05, 4.69) is 10.3 Å². The van der Waals surface area contributed by atoms with Crippen molar-refractivity contribution in [1.29, 1.82) is 0 Å². The van der Waals surface area contributed by atoms with E-state index < -0.39 is 0 Å². The monoisotopic (exact) mass is 288 g/mol. The molecule has 0 fully saturated rings. The summed E-state index contributed by atoms with van der Waals surface area (Å²) < 4.78 is 5.83. The number of methoxy groups -OCH3 is 1. The van der Waals surface area contributed by atoms with Gasteiger partial charge in [-0.15, -0.1) is 11.3 Å². The summed E-state index contributed by atoms with van der Waals surface area (Å²) in [6, 6.07) is 5.52. The maximum atomic E-state index is 5.94. The van der Waals surface area contributed by atoms with Gasteiger partial charge in [-0.25, -0.2) is 4.98 Å². The molecule has 0 aliphatic rings. The summed E-state index contributed by atoms with van der Waals surface area (Å²) in [5, 5.41) is 4.75. The maximum absolute atomic E-state index is 5.94. The highest BCUT2D eigenvalue weighted by Crippen LogP contribution is 2.28. The molecule has 1 aromatic heterocycles. The van der Waals surface area contributed by atoms with Crippen molar-refractivity contribution in [3.8, 4) is 5.75 Å². The number of nitrogens with zero attached hydrogens (tertiary/aromatic N) is 1. The second-order valence-corrected chi connectivity index (χ2v) is 5.41. The van der Waals surface area contributed by atoms with Gasteiger partial charge < -0.3 is 10.1 Å². The van der Waals surface area contributed by atoms with E-state index in [-0.39, 0.29) is 0 Å². The quantitative estimate of drug-likeness (QED) is 0.921. The van der Waals surface area contributed by atoms with Gasteiger partial charge in [-0.1, -0.05) is 23.2 Å². The van der Waals surface area contributed by atoms with Gasteiger partial charge >= 0.3 is 0 Å². The number of rotatable bonds is 4. The van der Waals surface area contributed by atoms with Gasteiger partial charge in [-0.3, -0.25) is 0 Å². The second-order valence-electron chi connectivity index (χ2n) is 3.26. The number of anilines is 1. The minimum absolute atomic E-state index is 0.593. The molecule has 0 bridgehead atoms. The Labute approximate surface area is 113 Å². The molecule has 0 atom stereocenters. The first-order valence-electron chi connectivity index (χ1n) is 4.86. The van der Waals surface area contributed by atoms with Crippen LogP contribution in [0.2, 0.25) is 9.36 Å². The van der Waals surface area contributed by atoms with Gasteiger partial charge in [0.15, 0.2) is 0 Å². The second kappa shape index (κ2) is 5.58. The number of hydrogen-bond donors (Lipinski definition) is 1. The van der Waals surface area contributed by atoms with Crippen LogP contribution in [0.3, 0.4) is 0 Å². The highest BCUT2D eigenvalue weighted by atomic mass is 35.5. The molecule has 17 heavy (non-hydrogen) atoms. The molecule has 0 amide bonds. The van der Waals surface area contributed by atoms with Crippen LogP contribution in [-0.4, -0.2) is 12.1 Å². The maximum Gasteiger partial charge on any atom is 0.139 e. The predicted octanol–water partition coefficient (Wildman–Crippen LogP) is 4.07. The summed E-state index contributed by atoms with van der Waals surface area (Å²) in [7, 11) is 1.59. The molecule has 2 aromatic rings. The smallest absolute Gasteiger partial charge is 0.139 e. The minimum atomic E-state index is 0.593. The molecule has 0 spiro atoms. The molecule has 2 rings (SSSR count). The number of nitrogens with one attached hydrogen (secondary N) is 1. The molecular weight excluding hydrogens is 279 g/mol. The SMILES string of the molecule is COc1cc(NCc2ncc(Cl)s2)ccc1Cl. The highest BCUT2D eigenvalue weighted by Gasteiger charge is 2.03. The van der Waals surface area contributed by atoms with E-state index in [0.29, 0.717) is 21.7 Å². The third kappa shape index (κ3) is 3.25. The lowest BCUT2D eigenvalue weighted by Crippen LogP contribution is -1.99. The highest BCUT2D eigenvalue weighted by molar-refractivity contribution is 7.15. The van der Waals surface area contributed by atoms with Crippen LogP contribution in [-0.2, 0) is 6.54 Å². The number of thiazole rings is 1. The van der Waals surface area contributed by atoms with Gasteiger partial charge in [-0.2, -0.15) is 0 Å². The van der Waals surface area contributed by atoms with E-state index in [9.17, 15) is 0 Å². The number of halogens is 2. The van der Waals surface area contributed by atoms with Crippen LogP contribution in [0.5, 0.6) is 5.75 Å². The topological polar surface area (TPSA) is 34.1 Å². The van der Waals surface area contributed by atoms with Crippen LogP contribution in [0.15, 0.2) is 24.4 Å². The Balaban J connectivity index is 2.04. The summed E-state index contributed by atoms with van der Waals surface area (Å²) in [5.41, 5.74) is 0.928. The predicted molar refractivity (Wildman–Crippen MR) is 72.5 cm³/mol. The van der Waals surface area contributed by atoms with Crippen molar-refractivity contribution in [3.05, 3.63) is 38.8 Å². The van der Waals surface area contributed by atoms with E-state index in [1.165, 1.54) is 11.3 Å². The zero-order chi connectivity index (χ0) is 12.3. The molecule has 6 heteroatoms. The lowest BCUT2D eigenvalue weighted by molar-refractivity contribution is 0.415. The number of benzene rings is 1. The standard InChI is InChI=1S/C11H10Cl2N2OS/c1-16-9-4-7(2-3-8(9)12)14-6-11-15-5-10(13)17-11/h2-5,14H,6H2,1H3. The van der Waals surface area contributed by atoms with E-state index in [4.69, 9.17) is 27.9 Å². The Morgan fingerprint density at radius 2 is 2.24 bits per heavy atom. The first-order valence-corrected chi connectivity index (χ1v) is 6.44. The van der Waals surface area contributed by atoms with Crippen LogP contribution in [0.1, 0.15) is 5.01 Å². The van der Waals surface area contributed by atoms with Crippen molar-refractivity contribution in [2.75, 3.05) is 12.4 Å². The third-order valence-corrected chi connectivity index (χ3v) is 3.55. The first-order chi connectivity index (χ1) is 8.19. The number of hydrogen-bond acceptors (Lipinski definition) is 4. The molecule has 0 saturated heterocycles. The normalized spacial score (nSPS) is 10.3. The lowest BCUT2D eigenvalue weighted by Gasteiger charge is -2.07. The molecule has 0 aliphatic heterocycles. The molecule has 0 unspecified atom stereocenters. The van der Waals surface area contributed by atoms with Crippen molar-refractivity contribution < 1.29 is 4.74 Å². The van der Waals surface area contributed by atoms with Crippen LogP contribution in [0.25, 0.3) is 0 Å². The zero-order valence-electron chi connectivity index (χ0n) is 9.04. The lowest BCUT2D eigenvalue weighted by atomic mass is 10.3. The fourth-order valence-electron chi connectivity index (χ4n) is 1.32. The Kier molecular flexibility index (Phi) is 4.10. The third-order valence-electron chi connectivity index (χ3n) is 2.12. The Bertz CT molecular complexity index is 516. The Hall–Kier alpha value is -0.970. The molecule has 0 saturated carbocycles. The summed E-state index contributed by atoms with van der Waals surface area (Å²) in [4.78, 5) is 4.16. The van der Waals surface area contributed by atoms with Crippen LogP contribution < -0.4 is 10.1 Å². The molecule has 0 radical (unpaired) electrons. The summed E-state index contributed by atoms with van der Waals surface area (Å²) >= 11 is 13.2. The average molecular weight is 289 g/mol. The van der Waals surface area contributed by atoms with Gasteiger partial charge in [0, 0.05) is 11.8 Å². The fraction of sp³-hybridized carbons (Fsp3) is 0.182. The van der Waals surface area contributed by atoms with Gasteiger partial charge in [-0.05, 0) is 12.1 Å². The fourth-order valence-corrected chi connectivity index (χ4v) is 2.41. The van der Waals surface area contributed by atoms with Gasteiger partial charge in [0.25, 0.3) is 0 Å². The van der Waals surface area contributed by atoms with E-state index >= 15 is 0 Å². The minimum Gasteiger partial charge on any atom is -0.495 e. The van der Waals surface area contributed by atoms with Crippen molar-refractivity contribution in [1.82, 2.24) is 4.98 Å². The summed E-state index contributed by atoms with van der Waals surface area (Å²) in [6.07, 6.45) is 1.64. The van der Waals surface area contributed by atoms with E-state index in [1.807, 2.05) is 12.1 Å². The number of ether oxygens (including phenoxy) is 1. The molecule has 1 heterocycles. The molecule has 0 aliphatic carbocycles. The first kappa shape index (κ1) is 12.5. The van der Waals surface area contributed by atoms with Gasteiger partial charge in [0.1, 0.15) is 15.1 Å². The van der Waals surface area contributed by atoms with Crippen molar-refractivity contribution in [2.24, 2.45) is 0 Å². The average Bonchev–Trinajstić information content (AvgIpc) is 2.74. The largest absolute Gasteiger partial charge is 0.495 e. The van der Waals surface area contributed by atoms with Crippen molar-refractivity contribution in [3.63, 3.8) is 0 Å².